The van der Waals surface area contributed by atoms with Crippen LogP contribution in [0.4, 0.5) is 10.3 Å². The third-order valence-electron chi connectivity index (χ3n) is 5.73. The van der Waals surface area contributed by atoms with E-state index in [1.807, 2.05) is 0 Å². The highest BCUT2D eigenvalue weighted by atomic mass is 35.5. The fraction of sp³-hybridized carbons (Fsp3) is 0.154. The van der Waals surface area contributed by atoms with Gasteiger partial charge in [0, 0.05) is 32.2 Å². The van der Waals surface area contributed by atoms with E-state index in [0.29, 0.717) is 41.0 Å². The minimum absolute atomic E-state index is 0.104. The molecule has 194 valence electrons. The van der Waals surface area contributed by atoms with Crippen molar-refractivity contribution in [3.05, 3.63) is 70.0 Å². The van der Waals surface area contributed by atoms with Crippen LogP contribution in [0.2, 0.25) is 10.0 Å². The van der Waals surface area contributed by atoms with E-state index in [1.165, 1.54) is 25.1 Å². The number of halogens is 3. The number of aromatic amines is 1. The summed E-state index contributed by atoms with van der Waals surface area (Å²) in [6, 6.07) is 12.4. The molecule has 0 saturated heterocycles. The van der Waals surface area contributed by atoms with Gasteiger partial charge in [-0.15, -0.1) is 0 Å². The molecular weight excluding hydrogens is 536 g/mol. The lowest BCUT2D eigenvalue weighted by Gasteiger charge is -2.10. The largest absolute Gasteiger partial charge is 0.427 e. The third-order valence-corrected chi connectivity index (χ3v) is 6.33. The molecule has 5 aromatic rings. The van der Waals surface area contributed by atoms with Gasteiger partial charge in [-0.2, -0.15) is 0 Å². The molecule has 0 aliphatic heterocycles. The molecule has 0 spiro atoms. The Kier molecular flexibility index (Phi) is 7.02. The summed E-state index contributed by atoms with van der Waals surface area (Å²) in [5.74, 6) is -0.695. The topological polar surface area (TPSA) is 111 Å². The zero-order valence-corrected chi connectivity index (χ0v) is 21.7. The van der Waals surface area contributed by atoms with Crippen molar-refractivity contribution in [2.75, 3.05) is 19.0 Å². The Hall–Kier alpha value is -3.99. The standard InChI is InChI=1S/C26H20Cl2FN5O4/c1-13(35)38-15-6-7-21-19(12-15)31-26(34(21)8-9-37-2)33-25(36)14-10-17(28)23-20(11-14)30-24(32-23)22-16(27)4-3-5-18(22)29/h3-7,10-12H,8-9H2,1-2H3,(H,30,32)(H,31,33,36). The van der Waals surface area contributed by atoms with Gasteiger partial charge in [-0.1, -0.05) is 29.3 Å². The normalized spacial score (nSPS) is 11.3. The SMILES string of the molecule is COCCn1c(NC(=O)c2cc(Cl)c3nc(-c4c(F)cccc4Cl)[nH]c3c2)nc2cc(OC(C)=O)ccc21. The van der Waals surface area contributed by atoms with Gasteiger partial charge in [-0.25, -0.2) is 14.4 Å². The number of amides is 1. The number of ether oxygens (including phenoxy) is 2. The number of benzene rings is 3. The van der Waals surface area contributed by atoms with Gasteiger partial charge < -0.3 is 19.0 Å². The molecule has 12 heteroatoms. The molecule has 2 heterocycles. The van der Waals surface area contributed by atoms with Crippen LogP contribution < -0.4 is 10.1 Å². The van der Waals surface area contributed by atoms with Crippen molar-refractivity contribution in [1.82, 2.24) is 19.5 Å². The van der Waals surface area contributed by atoms with E-state index in [4.69, 9.17) is 32.7 Å². The van der Waals surface area contributed by atoms with Crippen LogP contribution in [-0.4, -0.2) is 45.1 Å². The van der Waals surface area contributed by atoms with E-state index in [1.54, 1.807) is 42.0 Å². The quantitative estimate of drug-likeness (QED) is 0.192. The average molecular weight is 556 g/mol. The minimum atomic E-state index is -0.544. The second-order valence-corrected chi connectivity index (χ2v) is 9.13. The maximum atomic E-state index is 14.4. The van der Waals surface area contributed by atoms with Gasteiger partial charge in [-0.05, 0) is 36.4 Å². The van der Waals surface area contributed by atoms with E-state index in [2.05, 4.69) is 20.3 Å². The molecule has 3 aromatic carbocycles. The summed E-state index contributed by atoms with van der Waals surface area (Å²) in [6.45, 7) is 2.08. The summed E-state index contributed by atoms with van der Waals surface area (Å²) in [6.07, 6.45) is 0. The number of fused-ring (bicyclic) bond motifs is 2. The molecule has 5 rings (SSSR count). The summed E-state index contributed by atoms with van der Waals surface area (Å²) in [5.41, 5.74) is 2.35. The van der Waals surface area contributed by atoms with Gasteiger partial charge in [0.05, 0.1) is 38.8 Å². The van der Waals surface area contributed by atoms with Gasteiger partial charge in [0.15, 0.2) is 0 Å². The van der Waals surface area contributed by atoms with Gasteiger partial charge in [0.1, 0.15) is 22.9 Å². The van der Waals surface area contributed by atoms with Gasteiger partial charge in [0.2, 0.25) is 5.95 Å². The molecule has 2 aromatic heterocycles. The predicted octanol–water partition coefficient (Wildman–Crippen LogP) is 5.85. The first-order valence-electron chi connectivity index (χ1n) is 11.4. The number of methoxy groups -OCH3 is 1. The van der Waals surface area contributed by atoms with Crippen LogP contribution in [0.3, 0.4) is 0 Å². The second kappa shape index (κ2) is 10.4. The number of hydrogen-bond acceptors (Lipinski definition) is 6. The Labute approximate surface area is 225 Å². The van der Waals surface area contributed by atoms with Crippen molar-refractivity contribution >= 4 is 63.1 Å². The lowest BCUT2D eigenvalue weighted by Crippen LogP contribution is -2.17. The van der Waals surface area contributed by atoms with Crippen LogP contribution in [0.1, 0.15) is 17.3 Å². The molecule has 0 unspecified atom stereocenters. The van der Waals surface area contributed by atoms with Crippen LogP contribution in [0.5, 0.6) is 5.75 Å². The van der Waals surface area contributed by atoms with Crippen LogP contribution in [0.25, 0.3) is 33.5 Å². The fourth-order valence-electron chi connectivity index (χ4n) is 4.07. The van der Waals surface area contributed by atoms with E-state index in [0.717, 1.165) is 0 Å². The molecule has 0 atom stereocenters. The fourth-order valence-corrected chi connectivity index (χ4v) is 4.58. The second-order valence-electron chi connectivity index (χ2n) is 8.31. The smallest absolute Gasteiger partial charge is 0.308 e. The van der Waals surface area contributed by atoms with E-state index >= 15 is 0 Å². The lowest BCUT2D eigenvalue weighted by molar-refractivity contribution is -0.131. The number of aromatic nitrogens is 4. The molecule has 0 aliphatic rings. The van der Waals surface area contributed by atoms with Crippen molar-refractivity contribution in [3.8, 4) is 17.1 Å². The highest BCUT2D eigenvalue weighted by Gasteiger charge is 2.20. The minimum Gasteiger partial charge on any atom is -0.427 e. The number of H-pyrrole nitrogens is 1. The number of carbonyl (C=O) groups excluding carboxylic acids is 2. The van der Waals surface area contributed by atoms with Crippen molar-refractivity contribution in [1.29, 1.82) is 0 Å². The number of imidazole rings is 2. The van der Waals surface area contributed by atoms with E-state index in [-0.39, 0.29) is 32.9 Å². The first-order chi connectivity index (χ1) is 18.2. The number of nitrogens with zero attached hydrogens (tertiary/aromatic N) is 3. The number of rotatable bonds is 7. The van der Waals surface area contributed by atoms with Crippen molar-refractivity contribution in [3.63, 3.8) is 0 Å². The zero-order valence-electron chi connectivity index (χ0n) is 20.1. The zero-order chi connectivity index (χ0) is 27.0. The highest BCUT2D eigenvalue weighted by molar-refractivity contribution is 6.36. The highest BCUT2D eigenvalue weighted by Crippen LogP contribution is 2.33. The molecule has 38 heavy (non-hydrogen) atoms. The van der Waals surface area contributed by atoms with Crippen LogP contribution in [-0.2, 0) is 16.1 Å². The molecule has 1 amide bonds. The molecular formula is C26H20Cl2FN5O4. The van der Waals surface area contributed by atoms with Gasteiger partial charge >= 0.3 is 5.97 Å². The molecule has 0 saturated carbocycles. The van der Waals surface area contributed by atoms with E-state index < -0.39 is 17.7 Å². The monoisotopic (exact) mass is 555 g/mol. The Morgan fingerprint density at radius 2 is 1.92 bits per heavy atom. The first-order valence-corrected chi connectivity index (χ1v) is 12.1. The third kappa shape index (κ3) is 4.93. The number of anilines is 1. The predicted molar refractivity (Wildman–Crippen MR) is 142 cm³/mol. The molecule has 0 aliphatic carbocycles. The number of hydrogen-bond donors (Lipinski definition) is 2. The maximum absolute atomic E-state index is 14.4. The Bertz CT molecular complexity index is 1700. The number of nitrogens with one attached hydrogen (secondary N) is 2. The maximum Gasteiger partial charge on any atom is 0.308 e. The van der Waals surface area contributed by atoms with Crippen LogP contribution >= 0.6 is 23.2 Å². The van der Waals surface area contributed by atoms with Crippen molar-refractivity contribution in [2.24, 2.45) is 0 Å². The number of esters is 1. The number of carbonyl (C=O) groups is 2. The molecule has 0 fully saturated rings. The molecule has 0 bridgehead atoms. The first kappa shape index (κ1) is 25.7. The van der Waals surface area contributed by atoms with E-state index in [9.17, 15) is 14.0 Å². The van der Waals surface area contributed by atoms with Gasteiger partial charge in [-0.3, -0.25) is 14.9 Å². The molecule has 2 N–H and O–H groups in total. The molecule has 9 nitrogen and oxygen atoms in total. The summed E-state index contributed by atoms with van der Waals surface area (Å²) in [4.78, 5) is 36.5. The summed E-state index contributed by atoms with van der Waals surface area (Å²) in [5, 5.41) is 3.19. The summed E-state index contributed by atoms with van der Waals surface area (Å²) in [7, 11) is 1.57. The Morgan fingerprint density at radius 3 is 2.66 bits per heavy atom. The summed E-state index contributed by atoms with van der Waals surface area (Å²) < 4.78 is 26.6. The molecule has 0 radical (unpaired) electrons. The van der Waals surface area contributed by atoms with Crippen molar-refractivity contribution in [2.45, 2.75) is 13.5 Å². The summed E-state index contributed by atoms with van der Waals surface area (Å²) >= 11 is 12.6. The Balaban J connectivity index is 1.50. The Morgan fingerprint density at radius 1 is 1.11 bits per heavy atom. The lowest BCUT2D eigenvalue weighted by atomic mass is 10.2. The van der Waals surface area contributed by atoms with Crippen LogP contribution in [0.15, 0.2) is 48.5 Å². The van der Waals surface area contributed by atoms with Crippen LogP contribution in [0, 0.1) is 5.82 Å². The van der Waals surface area contributed by atoms with Gasteiger partial charge in [0.25, 0.3) is 5.91 Å². The average Bonchev–Trinajstić information content (AvgIpc) is 3.43. The van der Waals surface area contributed by atoms with Crippen molar-refractivity contribution < 1.29 is 23.5 Å².